The summed E-state index contributed by atoms with van der Waals surface area (Å²) in [6.45, 7) is 1.58. The monoisotopic (exact) mass is 406 g/mol. The predicted molar refractivity (Wildman–Crippen MR) is 100.0 cm³/mol. The summed E-state index contributed by atoms with van der Waals surface area (Å²) < 4.78 is 20.7. The Hall–Kier alpha value is -2.38. The van der Waals surface area contributed by atoms with E-state index in [0.717, 1.165) is 12.8 Å². The average Bonchev–Trinajstić information content (AvgIpc) is 3.33. The Kier molecular flexibility index (Phi) is 5.12. The highest BCUT2D eigenvalue weighted by molar-refractivity contribution is 6.30. The van der Waals surface area contributed by atoms with Gasteiger partial charge in [0.05, 0.1) is 18.3 Å². The standard InChI is InChI=1S/C20H20ClFN2O4/c21-16-3-12(4-17(22)7-16)11-28-18-5-14-9-24(10-15(14)6-18)20(27)23-2-1-13(8-23)19(25)26/h1-4,7-8,14-15,18H,5-6,9-11H2,(H,25,26)/t14-,15+,18+. The lowest BCUT2D eigenvalue weighted by molar-refractivity contribution is 0.0382. The molecule has 2 fully saturated rings. The van der Waals surface area contributed by atoms with E-state index in [9.17, 15) is 14.0 Å². The molecule has 0 bridgehead atoms. The Morgan fingerprint density at radius 3 is 2.54 bits per heavy atom. The van der Waals surface area contributed by atoms with Crippen molar-refractivity contribution >= 4 is 23.6 Å². The van der Waals surface area contributed by atoms with Crippen LogP contribution in [0.5, 0.6) is 0 Å². The van der Waals surface area contributed by atoms with E-state index < -0.39 is 5.97 Å². The predicted octanol–water partition coefficient (Wildman–Crippen LogP) is 3.87. The number of amides is 1. The molecule has 3 atom stereocenters. The molecule has 0 unspecified atom stereocenters. The summed E-state index contributed by atoms with van der Waals surface area (Å²) in [6, 6.07) is 5.60. The van der Waals surface area contributed by atoms with E-state index >= 15 is 0 Å². The maximum absolute atomic E-state index is 13.4. The van der Waals surface area contributed by atoms with Crippen molar-refractivity contribution in [1.29, 1.82) is 0 Å². The van der Waals surface area contributed by atoms with E-state index in [-0.39, 0.29) is 23.5 Å². The number of rotatable bonds is 4. The van der Waals surface area contributed by atoms with Crippen molar-refractivity contribution in [2.45, 2.75) is 25.6 Å². The fourth-order valence-corrected chi connectivity index (χ4v) is 4.49. The minimum absolute atomic E-state index is 0.0829. The highest BCUT2D eigenvalue weighted by Gasteiger charge is 2.43. The molecule has 2 aliphatic rings. The van der Waals surface area contributed by atoms with Gasteiger partial charge in [-0.15, -0.1) is 0 Å². The highest BCUT2D eigenvalue weighted by atomic mass is 35.5. The van der Waals surface area contributed by atoms with Gasteiger partial charge >= 0.3 is 12.0 Å². The molecule has 8 heteroatoms. The van der Waals surface area contributed by atoms with Crippen molar-refractivity contribution in [2.75, 3.05) is 13.1 Å². The summed E-state index contributed by atoms with van der Waals surface area (Å²) in [5.41, 5.74) is 0.805. The number of benzene rings is 1. The van der Waals surface area contributed by atoms with E-state index in [4.69, 9.17) is 21.4 Å². The Balaban J connectivity index is 1.30. The van der Waals surface area contributed by atoms with Crippen LogP contribution in [0.2, 0.25) is 5.02 Å². The number of carbonyl (C=O) groups is 2. The molecule has 1 amide bonds. The second kappa shape index (κ2) is 7.56. The summed E-state index contributed by atoms with van der Waals surface area (Å²) in [4.78, 5) is 25.3. The largest absolute Gasteiger partial charge is 0.478 e. The number of carboxylic acid groups (broad SMARTS) is 1. The molecule has 1 aliphatic heterocycles. The third kappa shape index (κ3) is 3.91. The van der Waals surface area contributed by atoms with Gasteiger partial charge in [-0.25, -0.2) is 14.0 Å². The molecule has 2 aromatic rings. The van der Waals surface area contributed by atoms with Gasteiger partial charge in [0, 0.05) is 30.5 Å². The minimum atomic E-state index is -1.05. The van der Waals surface area contributed by atoms with Crippen molar-refractivity contribution in [3.63, 3.8) is 0 Å². The van der Waals surface area contributed by atoms with E-state index in [0.29, 0.717) is 42.1 Å². The fourth-order valence-electron chi connectivity index (χ4n) is 4.25. The second-order valence-electron chi connectivity index (χ2n) is 7.50. The number of carbonyl (C=O) groups excluding carboxylic acids is 1. The van der Waals surface area contributed by atoms with Crippen molar-refractivity contribution in [3.05, 3.63) is 58.6 Å². The average molecular weight is 407 g/mol. The normalized spacial score (nSPS) is 23.8. The molecule has 6 nitrogen and oxygen atoms in total. The maximum atomic E-state index is 13.4. The number of likely N-dealkylation sites (tertiary alicyclic amines) is 1. The molecule has 2 heterocycles. The third-order valence-corrected chi connectivity index (χ3v) is 5.77. The number of hydrogen-bond donors (Lipinski definition) is 1. The Labute approximate surface area is 166 Å². The van der Waals surface area contributed by atoms with Crippen LogP contribution in [0.3, 0.4) is 0 Å². The molecule has 0 radical (unpaired) electrons. The lowest BCUT2D eigenvalue weighted by Gasteiger charge is -2.20. The van der Waals surface area contributed by atoms with Crippen LogP contribution >= 0.6 is 11.6 Å². The minimum Gasteiger partial charge on any atom is -0.478 e. The molecule has 1 aromatic heterocycles. The Morgan fingerprint density at radius 2 is 1.93 bits per heavy atom. The zero-order valence-electron chi connectivity index (χ0n) is 15.1. The molecule has 1 aliphatic carbocycles. The number of hydrogen-bond acceptors (Lipinski definition) is 3. The first-order valence-electron chi connectivity index (χ1n) is 9.16. The van der Waals surface area contributed by atoms with Gasteiger partial charge in [-0.2, -0.15) is 0 Å². The molecule has 0 spiro atoms. The quantitative estimate of drug-likeness (QED) is 0.836. The summed E-state index contributed by atoms with van der Waals surface area (Å²) in [6.07, 6.45) is 4.61. The first-order chi connectivity index (χ1) is 13.4. The van der Waals surface area contributed by atoms with E-state index in [2.05, 4.69) is 0 Å². The van der Waals surface area contributed by atoms with Gasteiger partial charge in [-0.3, -0.25) is 4.57 Å². The van der Waals surface area contributed by atoms with Crippen LogP contribution in [-0.2, 0) is 11.3 Å². The maximum Gasteiger partial charge on any atom is 0.337 e. The van der Waals surface area contributed by atoms with Crippen molar-refractivity contribution in [1.82, 2.24) is 9.47 Å². The van der Waals surface area contributed by atoms with Gasteiger partial charge in [-0.05, 0) is 54.5 Å². The van der Waals surface area contributed by atoms with Crippen molar-refractivity contribution < 1.29 is 23.8 Å². The zero-order valence-corrected chi connectivity index (χ0v) is 15.8. The third-order valence-electron chi connectivity index (χ3n) is 5.55. The highest BCUT2D eigenvalue weighted by Crippen LogP contribution is 2.40. The lowest BCUT2D eigenvalue weighted by atomic mass is 10.0. The van der Waals surface area contributed by atoms with E-state index in [1.54, 1.807) is 11.0 Å². The molecule has 4 rings (SSSR count). The van der Waals surface area contributed by atoms with Gasteiger partial charge < -0.3 is 14.7 Å². The van der Waals surface area contributed by atoms with Crippen LogP contribution in [0.25, 0.3) is 0 Å². The van der Waals surface area contributed by atoms with E-state index in [1.807, 2.05) is 0 Å². The number of aromatic carboxylic acids is 1. The van der Waals surface area contributed by atoms with Gasteiger partial charge in [0.15, 0.2) is 0 Å². The first-order valence-corrected chi connectivity index (χ1v) is 9.54. The summed E-state index contributed by atoms with van der Waals surface area (Å²) in [7, 11) is 0. The van der Waals surface area contributed by atoms with Crippen LogP contribution in [0.4, 0.5) is 9.18 Å². The smallest absolute Gasteiger partial charge is 0.337 e. The molecular formula is C20H20ClFN2O4. The summed E-state index contributed by atoms with van der Waals surface area (Å²) in [5.74, 6) is -0.705. The first kappa shape index (κ1) is 19.0. The summed E-state index contributed by atoms with van der Waals surface area (Å²) >= 11 is 5.87. The number of halogens is 2. The molecule has 28 heavy (non-hydrogen) atoms. The number of fused-ring (bicyclic) bond motifs is 1. The number of carboxylic acids is 1. The number of ether oxygens (including phenoxy) is 1. The van der Waals surface area contributed by atoms with Crippen LogP contribution < -0.4 is 0 Å². The SMILES string of the molecule is O=C(O)c1ccn(C(=O)N2C[C@H]3C[C@H](OCc4cc(F)cc(Cl)c4)C[C@H]3C2)c1. The molecule has 148 valence electrons. The molecule has 1 N–H and O–H groups in total. The second-order valence-corrected chi connectivity index (χ2v) is 7.94. The Morgan fingerprint density at radius 1 is 1.21 bits per heavy atom. The van der Waals surface area contributed by atoms with Gasteiger partial charge in [0.1, 0.15) is 5.82 Å². The number of nitrogens with zero attached hydrogens (tertiary/aromatic N) is 2. The molecule has 1 aromatic carbocycles. The van der Waals surface area contributed by atoms with Crippen LogP contribution in [0, 0.1) is 17.7 Å². The fraction of sp³-hybridized carbons (Fsp3) is 0.400. The van der Waals surface area contributed by atoms with Crippen LogP contribution in [-0.4, -0.2) is 45.8 Å². The van der Waals surface area contributed by atoms with Gasteiger partial charge in [0.25, 0.3) is 0 Å². The van der Waals surface area contributed by atoms with Gasteiger partial charge in [-0.1, -0.05) is 11.6 Å². The molecular weight excluding hydrogens is 387 g/mol. The number of aromatic nitrogens is 1. The van der Waals surface area contributed by atoms with Crippen molar-refractivity contribution in [3.8, 4) is 0 Å². The van der Waals surface area contributed by atoms with Gasteiger partial charge in [0.2, 0.25) is 0 Å². The van der Waals surface area contributed by atoms with E-state index in [1.165, 1.54) is 35.2 Å². The zero-order chi connectivity index (χ0) is 19.8. The van der Waals surface area contributed by atoms with Crippen LogP contribution in [0.15, 0.2) is 36.7 Å². The Bertz CT molecular complexity index is 881. The van der Waals surface area contributed by atoms with Crippen molar-refractivity contribution in [2.24, 2.45) is 11.8 Å². The topological polar surface area (TPSA) is 71.8 Å². The summed E-state index contributed by atoms with van der Waals surface area (Å²) in [5, 5.41) is 9.34. The molecule has 1 saturated carbocycles. The van der Waals surface area contributed by atoms with Crippen LogP contribution in [0.1, 0.15) is 28.8 Å². The molecule has 1 saturated heterocycles. The lowest BCUT2D eigenvalue weighted by Crippen LogP contribution is -2.33.